The molecule has 0 N–H and O–H groups in total. The molecule has 6 aromatic rings. The number of benzene rings is 3. The van der Waals surface area contributed by atoms with Crippen LogP contribution in [0.1, 0.15) is 5.56 Å². The lowest BCUT2D eigenvalue weighted by Crippen LogP contribution is -2.30. The molecule has 0 aliphatic heterocycles. The van der Waals surface area contributed by atoms with Crippen LogP contribution in [0.3, 0.4) is 0 Å². The summed E-state index contributed by atoms with van der Waals surface area (Å²) in [5.41, 5.74) is 7.08. The van der Waals surface area contributed by atoms with Gasteiger partial charge in [-0.15, -0.1) is 0 Å². The van der Waals surface area contributed by atoms with E-state index >= 15 is 0 Å². The molecule has 3 aromatic carbocycles. The number of fused-ring (bicyclic) bond motifs is 6. The van der Waals surface area contributed by atoms with Gasteiger partial charge in [0.1, 0.15) is 29.4 Å². The molecule has 0 saturated carbocycles. The zero-order valence-electron chi connectivity index (χ0n) is 15.7. The van der Waals surface area contributed by atoms with E-state index in [2.05, 4.69) is 67.2 Å². The standard InChI is InChI=1S/C25H18NO2/c1-15-10-11-17-19-14-22-18(16-7-3-4-9-21(16)27-22)13-23(19)28-25(17)24(15)20-8-5-6-12-26(20)2/h3-14H,1-2H3/q+1. The van der Waals surface area contributed by atoms with E-state index in [-0.39, 0.29) is 0 Å². The van der Waals surface area contributed by atoms with Gasteiger partial charge in [0.2, 0.25) is 5.69 Å². The van der Waals surface area contributed by atoms with Gasteiger partial charge in [0, 0.05) is 33.7 Å². The lowest BCUT2D eigenvalue weighted by atomic mass is 10.0. The summed E-state index contributed by atoms with van der Waals surface area (Å²) >= 11 is 0. The fourth-order valence-electron chi connectivity index (χ4n) is 4.26. The molecule has 0 aliphatic rings. The van der Waals surface area contributed by atoms with Gasteiger partial charge in [-0.2, -0.15) is 0 Å². The second-order valence-corrected chi connectivity index (χ2v) is 7.38. The smallest absolute Gasteiger partial charge is 0.216 e. The number of rotatable bonds is 1. The van der Waals surface area contributed by atoms with Crippen LogP contribution in [0.25, 0.3) is 55.1 Å². The highest BCUT2D eigenvalue weighted by atomic mass is 16.3. The molecular weight excluding hydrogens is 346 g/mol. The maximum atomic E-state index is 6.45. The van der Waals surface area contributed by atoms with Crippen molar-refractivity contribution in [1.29, 1.82) is 0 Å². The molecule has 134 valence electrons. The average Bonchev–Trinajstić information content (AvgIpc) is 3.24. The first-order valence-corrected chi connectivity index (χ1v) is 9.43. The number of hydrogen-bond donors (Lipinski definition) is 0. The van der Waals surface area contributed by atoms with Crippen molar-refractivity contribution in [2.24, 2.45) is 7.05 Å². The minimum atomic E-state index is 0.888. The van der Waals surface area contributed by atoms with Crippen molar-refractivity contribution in [2.45, 2.75) is 6.92 Å². The normalized spacial score (nSPS) is 11.9. The Morgan fingerprint density at radius 3 is 2.29 bits per heavy atom. The van der Waals surface area contributed by atoms with E-state index in [1.165, 1.54) is 5.56 Å². The fraction of sp³-hybridized carbons (Fsp3) is 0.0800. The fourth-order valence-corrected chi connectivity index (χ4v) is 4.26. The Bertz CT molecular complexity index is 1530. The largest absolute Gasteiger partial charge is 0.456 e. The molecule has 0 amide bonds. The Morgan fingerprint density at radius 1 is 0.679 bits per heavy atom. The van der Waals surface area contributed by atoms with E-state index in [4.69, 9.17) is 8.83 Å². The van der Waals surface area contributed by atoms with Crippen molar-refractivity contribution in [3.05, 3.63) is 78.5 Å². The van der Waals surface area contributed by atoms with Crippen molar-refractivity contribution in [3.8, 4) is 11.3 Å². The molecule has 3 aromatic heterocycles. The third kappa shape index (κ3) is 2.01. The topological polar surface area (TPSA) is 30.2 Å². The minimum absolute atomic E-state index is 0.888. The molecule has 3 heteroatoms. The van der Waals surface area contributed by atoms with E-state index in [9.17, 15) is 0 Å². The monoisotopic (exact) mass is 364 g/mol. The van der Waals surface area contributed by atoms with Crippen molar-refractivity contribution in [2.75, 3.05) is 0 Å². The SMILES string of the molecule is Cc1ccc2c(oc3cc4c(cc32)oc2ccccc24)c1-c1cccc[n+]1C. The van der Waals surface area contributed by atoms with Crippen LogP contribution in [0.15, 0.2) is 81.8 Å². The molecule has 0 aliphatic carbocycles. The maximum Gasteiger partial charge on any atom is 0.216 e. The van der Waals surface area contributed by atoms with E-state index < -0.39 is 0 Å². The Kier molecular flexibility index (Phi) is 3.01. The van der Waals surface area contributed by atoms with Gasteiger partial charge in [0.05, 0.1) is 5.56 Å². The Morgan fingerprint density at radius 2 is 1.43 bits per heavy atom. The average molecular weight is 364 g/mol. The van der Waals surface area contributed by atoms with Crippen molar-refractivity contribution >= 4 is 43.9 Å². The van der Waals surface area contributed by atoms with Gasteiger partial charge < -0.3 is 8.83 Å². The van der Waals surface area contributed by atoms with Crippen LogP contribution in [-0.2, 0) is 7.05 Å². The van der Waals surface area contributed by atoms with Gasteiger partial charge in [-0.3, -0.25) is 0 Å². The van der Waals surface area contributed by atoms with Gasteiger partial charge in [-0.25, -0.2) is 4.57 Å². The van der Waals surface area contributed by atoms with Gasteiger partial charge >= 0.3 is 0 Å². The summed E-state index contributed by atoms with van der Waals surface area (Å²) in [5.74, 6) is 0. The number of aryl methyl sites for hydroxylation is 2. The molecule has 0 atom stereocenters. The summed E-state index contributed by atoms with van der Waals surface area (Å²) in [6.45, 7) is 2.13. The summed E-state index contributed by atoms with van der Waals surface area (Å²) in [6.07, 6.45) is 2.07. The summed E-state index contributed by atoms with van der Waals surface area (Å²) in [4.78, 5) is 0. The van der Waals surface area contributed by atoms with Gasteiger partial charge in [-0.05, 0) is 36.8 Å². The highest BCUT2D eigenvalue weighted by Gasteiger charge is 2.21. The zero-order valence-corrected chi connectivity index (χ0v) is 15.7. The second kappa shape index (κ2) is 5.46. The molecule has 0 radical (unpaired) electrons. The molecule has 28 heavy (non-hydrogen) atoms. The maximum absolute atomic E-state index is 6.45. The van der Waals surface area contributed by atoms with Crippen LogP contribution >= 0.6 is 0 Å². The number of aromatic nitrogens is 1. The quantitative estimate of drug-likeness (QED) is 0.321. The van der Waals surface area contributed by atoms with Crippen LogP contribution in [0.2, 0.25) is 0 Å². The lowest BCUT2D eigenvalue weighted by Gasteiger charge is -2.04. The number of pyridine rings is 1. The summed E-state index contributed by atoms with van der Waals surface area (Å²) in [7, 11) is 2.07. The number of para-hydroxylation sites is 1. The van der Waals surface area contributed by atoms with Gasteiger partial charge in [0.25, 0.3) is 0 Å². The van der Waals surface area contributed by atoms with Crippen LogP contribution in [0.5, 0.6) is 0 Å². The second-order valence-electron chi connectivity index (χ2n) is 7.38. The summed E-state index contributed by atoms with van der Waals surface area (Å²) in [5, 5.41) is 4.40. The van der Waals surface area contributed by atoms with Crippen LogP contribution < -0.4 is 4.57 Å². The van der Waals surface area contributed by atoms with Crippen molar-refractivity contribution in [3.63, 3.8) is 0 Å². The Hall–Kier alpha value is -3.59. The Labute approximate surface area is 161 Å². The predicted molar refractivity (Wildman–Crippen MR) is 112 cm³/mol. The number of hydrogen-bond acceptors (Lipinski definition) is 2. The van der Waals surface area contributed by atoms with E-state index in [0.29, 0.717) is 0 Å². The van der Waals surface area contributed by atoms with Crippen molar-refractivity contribution < 1.29 is 13.4 Å². The van der Waals surface area contributed by atoms with Crippen LogP contribution in [0, 0.1) is 6.92 Å². The summed E-state index contributed by atoms with van der Waals surface area (Å²) in [6, 6.07) is 22.9. The summed E-state index contributed by atoms with van der Waals surface area (Å²) < 4.78 is 14.7. The minimum Gasteiger partial charge on any atom is -0.456 e. The van der Waals surface area contributed by atoms with Gasteiger partial charge in [0.15, 0.2) is 6.20 Å². The number of nitrogens with zero attached hydrogens (tertiary/aromatic N) is 1. The van der Waals surface area contributed by atoms with Crippen LogP contribution in [0.4, 0.5) is 0 Å². The molecular formula is C25H18NO2+. The predicted octanol–water partition coefficient (Wildman–Crippen LogP) is 6.29. The third-order valence-corrected chi connectivity index (χ3v) is 5.66. The molecule has 0 unspecified atom stereocenters. The van der Waals surface area contributed by atoms with Crippen molar-refractivity contribution in [1.82, 2.24) is 0 Å². The molecule has 6 rings (SSSR count). The van der Waals surface area contributed by atoms with Crippen LogP contribution in [-0.4, -0.2) is 0 Å². The molecule has 0 spiro atoms. The highest BCUT2D eigenvalue weighted by molar-refractivity contribution is 6.16. The lowest BCUT2D eigenvalue weighted by molar-refractivity contribution is -0.660. The van der Waals surface area contributed by atoms with Gasteiger partial charge in [-0.1, -0.05) is 30.3 Å². The zero-order chi connectivity index (χ0) is 18.8. The van der Waals surface area contributed by atoms with E-state index in [0.717, 1.165) is 55.1 Å². The first kappa shape index (κ1) is 15.5. The first-order chi connectivity index (χ1) is 13.7. The molecule has 0 bridgehead atoms. The first-order valence-electron chi connectivity index (χ1n) is 9.43. The molecule has 3 nitrogen and oxygen atoms in total. The number of furan rings is 2. The molecule has 0 fully saturated rings. The van der Waals surface area contributed by atoms with E-state index in [1.807, 2.05) is 24.3 Å². The highest BCUT2D eigenvalue weighted by Crippen LogP contribution is 2.40. The Balaban J connectivity index is 1.75. The third-order valence-electron chi connectivity index (χ3n) is 5.66. The molecule has 0 saturated heterocycles. The molecule has 3 heterocycles. The van der Waals surface area contributed by atoms with E-state index in [1.54, 1.807) is 0 Å².